The minimum Gasteiger partial charge on any atom is -0.322 e. The predicted molar refractivity (Wildman–Crippen MR) is 111 cm³/mol. The molecule has 8 heteroatoms. The van der Waals surface area contributed by atoms with E-state index in [2.05, 4.69) is 5.32 Å². The standard InChI is InChI=1S/C22H20F2N2O3S/c1-15-3-10-19(11-4-15)30(28,29)26(2)14-16-5-7-17(8-6-16)22(27)25-18-9-12-20(23)21(24)13-18/h3-13H,14H2,1-2H3,(H,25,27). The quantitative estimate of drug-likeness (QED) is 0.632. The maximum Gasteiger partial charge on any atom is 0.255 e. The van der Waals surface area contributed by atoms with Crippen LogP contribution >= 0.6 is 0 Å². The first-order valence-electron chi connectivity index (χ1n) is 9.05. The number of nitrogens with one attached hydrogen (secondary N) is 1. The summed E-state index contributed by atoms with van der Waals surface area (Å²) in [6, 6.07) is 16.0. The monoisotopic (exact) mass is 430 g/mol. The van der Waals surface area contributed by atoms with Crippen molar-refractivity contribution in [3.63, 3.8) is 0 Å². The molecule has 3 rings (SSSR count). The van der Waals surface area contributed by atoms with Crippen LogP contribution in [0.3, 0.4) is 0 Å². The third-order valence-corrected chi connectivity index (χ3v) is 6.35. The lowest BCUT2D eigenvalue weighted by atomic mass is 10.1. The molecule has 0 aliphatic rings. The Bertz CT molecular complexity index is 1160. The van der Waals surface area contributed by atoms with Crippen molar-refractivity contribution < 1.29 is 22.0 Å². The number of halogens is 2. The number of sulfonamides is 1. The van der Waals surface area contributed by atoms with E-state index in [9.17, 15) is 22.0 Å². The van der Waals surface area contributed by atoms with Crippen LogP contribution in [-0.2, 0) is 16.6 Å². The summed E-state index contributed by atoms with van der Waals surface area (Å²) >= 11 is 0. The molecule has 0 heterocycles. The molecule has 0 aliphatic carbocycles. The second kappa shape index (κ2) is 8.73. The van der Waals surface area contributed by atoms with Gasteiger partial charge in [-0.25, -0.2) is 17.2 Å². The Hall–Kier alpha value is -3.10. The summed E-state index contributed by atoms with van der Waals surface area (Å²) in [7, 11) is -2.16. The molecule has 0 aromatic heterocycles. The van der Waals surface area contributed by atoms with Crippen LogP contribution in [0.5, 0.6) is 0 Å². The molecule has 30 heavy (non-hydrogen) atoms. The number of rotatable bonds is 6. The molecule has 0 atom stereocenters. The van der Waals surface area contributed by atoms with E-state index in [1.807, 2.05) is 6.92 Å². The van der Waals surface area contributed by atoms with Gasteiger partial charge in [-0.3, -0.25) is 4.79 Å². The molecule has 3 aromatic carbocycles. The smallest absolute Gasteiger partial charge is 0.255 e. The van der Waals surface area contributed by atoms with Crippen molar-refractivity contribution in [2.75, 3.05) is 12.4 Å². The Morgan fingerprint density at radius 1 is 0.933 bits per heavy atom. The summed E-state index contributed by atoms with van der Waals surface area (Å²) in [5.74, 6) is -2.55. The van der Waals surface area contributed by atoms with Gasteiger partial charge >= 0.3 is 0 Å². The molecule has 0 saturated carbocycles. The fourth-order valence-corrected chi connectivity index (χ4v) is 3.93. The highest BCUT2D eigenvalue weighted by molar-refractivity contribution is 7.89. The number of hydrogen-bond donors (Lipinski definition) is 1. The number of benzene rings is 3. The van der Waals surface area contributed by atoms with Crippen LogP contribution in [-0.4, -0.2) is 25.7 Å². The second-order valence-electron chi connectivity index (χ2n) is 6.85. The van der Waals surface area contributed by atoms with Gasteiger partial charge in [0.15, 0.2) is 11.6 Å². The van der Waals surface area contributed by atoms with Gasteiger partial charge in [-0.15, -0.1) is 0 Å². The number of aryl methyl sites for hydroxylation is 1. The highest BCUT2D eigenvalue weighted by Gasteiger charge is 2.20. The number of hydrogen-bond acceptors (Lipinski definition) is 3. The number of amides is 1. The Balaban J connectivity index is 1.68. The molecule has 3 aromatic rings. The third kappa shape index (κ3) is 4.90. The van der Waals surface area contributed by atoms with Gasteiger partial charge in [0.05, 0.1) is 4.90 Å². The van der Waals surface area contributed by atoms with Gasteiger partial charge in [0.1, 0.15) is 0 Å². The minimum absolute atomic E-state index is 0.126. The van der Waals surface area contributed by atoms with E-state index in [4.69, 9.17) is 0 Å². The Labute approximate surface area is 174 Å². The first-order valence-corrected chi connectivity index (χ1v) is 10.5. The lowest BCUT2D eigenvalue weighted by Gasteiger charge is -2.17. The van der Waals surface area contributed by atoms with Crippen molar-refractivity contribution in [3.05, 3.63) is 95.1 Å². The van der Waals surface area contributed by atoms with Crippen LogP contribution in [0.2, 0.25) is 0 Å². The summed E-state index contributed by atoms with van der Waals surface area (Å²) < 4.78 is 52.8. The zero-order valence-corrected chi connectivity index (χ0v) is 17.2. The van der Waals surface area contributed by atoms with Gasteiger partial charge in [0.2, 0.25) is 10.0 Å². The number of carbonyl (C=O) groups is 1. The van der Waals surface area contributed by atoms with Crippen molar-refractivity contribution >= 4 is 21.6 Å². The summed E-state index contributed by atoms with van der Waals surface area (Å²) in [5.41, 5.74) is 2.09. The Morgan fingerprint density at radius 3 is 2.17 bits per heavy atom. The van der Waals surface area contributed by atoms with Gasteiger partial charge in [-0.2, -0.15) is 4.31 Å². The SMILES string of the molecule is Cc1ccc(S(=O)(=O)N(C)Cc2ccc(C(=O)Nc3ccc(F)c(F)c3)cc2)cc1. The molecule has 0 fully saturated rings. The van der Waals surface area contributed by atoms with Crippen LogP contribution in [0.1, 0.15) is 21.5 Å². The zero-order chi connectivity index (χ0) is 21.9. The molecule has 5 nitrogen and oxygen atoms in total. The van der Waals surface area contributed by atoms with E-state index in [1.165, 1.54) is 29.6 Å². The molecule has 156 valence electrons. The fraction of sp³-hybridized carbons (Fsp3) is 0.136. The fourth-order valence-electron chi connectivity index (χ4n) is 2.77. The second-order valence-corrected chi connectivity index (χ2v) is 8.90. The average Bonchev–Trinajstić information content (AvgIpc) is 2.71. The molecule has 0 bridgehead atoms. The van der Waals surface area contributed by atoms with E-state index >= 15 is 0 Å². The summed E-state index contributed by atoms with van der Waals surface area (Å²) in [5, 5.41) is 2.48. The molecule has 1 N–H and O–H groups in total. The number of anilines is 1. The van der Waals surface area contributed by atoms with E-state index in [0.717, 1.165) is 17.7 Å². The molecular formula is C22H20F2N2O3S. The van der Waals surface area contributed by atoms with E-state index in [0.29, 0.717) is 11.1 Å². The molecular weight excluding hydrogens is 410 g/mol. The first kappa shape index (κ1) is 21.6. The van der Waals surface area contributed by atoms with Crippen LogP contribution in [0.25, 0.3) is 0 Å². The van der Waals surface area contributed by atoms with Crippen molar-refractivity contribution in [1.82, 2.24) is 4.31 Å². The Morgan fingerprint density at radius 2 is 1.57 bits per heavy atom. The lowest BCUT2D eigenvalue weighted by Crippen LogP contribution is -2.26. The van der Waals surface area contributed by atoms with Crippen molar-refractivity contribution in [2.24, 2.45) is 0 Å². The minimum atomic E-state index is -3.64. The van der Waals surface area contributed by atoms with Crippen LogP contribution in [0.4, 0.5) is 14.5 Å². The summed E-state index contributed by atoms with van der Waals surface area (Å²) in [6.07, 6.45) is 0. The average molecular weight is 430 g/mol. The van der Waals surface area contributed by atoms with Crippen LogP contribution < -0.4 is 5.32 Å². The Kier molecular flexibility index (Phi) is 6.28. The van der Waals surface area contributed by atoms with Crippen molar-refractivity contribution in [2.45, 2.75) is 18.4 Å². The molecule has 0 radical (unpaired) electrons. The van der Waals surface area contributed by atoms with Gasteiger partial charge in [-0.05, 0) is 48.9 Å². The van der Waals surface area contributed by atoms with Gasteiger partial charge < -0.3 is 5.32 Å². The third-order valence-electron chi connectivity index (χ3n) is 4.53. The number of nitrogens with zero attached hydrogens (tertiary/aromatic N) is 1. The summed E-state index contributed by atoms with van der Waals surface area (Å²) in [6.45, 7) is 2.01. The molecule has 0 spiro atoms. The van der Waals surface area contributed by atoms with Gasteiger partial charge in [0.25, 0.3) is 5.91 Å². The molecule has 0 saturated heterocycles. The predicted octanol–water partition coefficient (Wildman–Crippen LogP) is 4.35. The molecule has 0 unspecified atom stereocenters. The zero-order valence-electron chi connectivity index (χ0n) is 16.4. The highest BCUT2D eigenvalue weighted by Crippen LogP contribution is 2.18. The first-order chi connectivity index (χ1) is 14.2. The molecule has 1 amide bonds. The van der Waals surface area contributed by atoms with Crippen LogP contribution in [0.15, 0.2) is 71.6 Å². The van der Waals surface area contributed by atoms with Crippen LogP contribution in [0, 0.1) is 18.6 Å². The summed E-state index contributed by atoms with van der Waals surface area (Å²) in [4.78, 5) is 12.5. The van der Waals surface area contributed by atoms with Gasteiger partial charge in [-0.1, -0.05) is 29.8 Å². The molecule has 0 aliphatic heterocycles. The normalized spacial score (nSPS) is 11.5. The topological polar surface area (TPSA) is 66.5 Å². The highest BCUT2D eigenvalue weighted by atomic mass is 32.2. The van der Waals surface area contributed by atoms with Crippen molar-refractivity contribution in [1.29, 1.82) is 0 Å². The van der Waals surface area contributed by atoms with E-state index < -0.39 is 27.6 Å². The van der Waals surface area contributed by atoms with Gasteiger partial charge in [0, 0.05) is 30.9 Å². The largest absolute Gasteiger partial charge is 0.322 e. The van der Waals surface area contributed by atoms with E-state index in [1.54, 1.807) is 36.4 Å². The van der Waals surface area contributed by atoms with Crippen molar-refractivity contribution in [3.8, 4) is 0 Å². The maximum atomic E-state index is 13.3. The lowest BCUT2D eigenvalue weighted by molar-refractivity contribution is 0.102. The maximum absolute atomic E-state index is 13.3. The van der Waals surface area contributed by atoms with E-state index in [-0.39, 0.29) is 17.1 Å². The number of carbonyl (C=O) groups excluding carboxylic acids is 1.